The lowest BCUT2D eigenvalue weighted by Gasteiger charge is -2.22. The minimum absolute atomic E-state index is 0.224. The first-order valence-electron chi connectivity index (χ1n) is 6.59. The van der Waals surface area contributed by atoms with E-state index in [-0.39, 0.29) is 6.04 Å². The molecule has 20 heavy (non-hydrogen) atoms. The van der Waals surface area contributed by atoms with E-state index < -0.39 is 10.0 Å². The molecular weight excluding hydrogens is 276 g/mol. The Morgan fingerprint density at radius 2 is 2.05 bits per heavy atom. The van der Waals surface area contributed by atoms with Gasteiger partial charge in [-0.25, -0.2) is 8.42 Å². The summed E-state index contributed by atoms with van der Waals surface area (Å²) in [5, 5.41) is 3.97. The quantitative estimate of drug-likeness (QED) is 0.872. The summed E-state index contributed by atoms with van der Waals surface area (Å²) >= 11 is 0. The molecular formula is C14H16N2O3S. The molecule has 0 radical (unpaired) electrons. The molecule has 0 bridgehead atoms. The van der Waals surface area contributed by atoms with Crippen molar-refractivity contribution < 1.29 is 12.9 Å². The molecule has 2 heterocycles. The predicted octanol–water partition coefficient (Wildman–Crippen LogP) is 2.51. The third-order valence-electron chi connectivity index (χ3n) is 3.54. The molecule has 2 aromatic rings. The first-order valence-corrected chi connectivity index (χ1v) is 8.03. The summed E-state index contributed by atoms with van der Waals surface area (Å²) in [6.07, 6.45) is 1.61. The van der Waals surface area contributed by atoms with Gasteiger partial charge in [0, 0.05) is 12.6 Å². The smallest absolute Gasteiger partial charge is 0.243 e. The van der Waals surface area contributed by atoms with E-state index in [0.717, 1.165) is 12.8 Å². The monoisotopic (exact) mass is 292 g/mol. The topological polar surface area (TPSA) is 63.4 Å². The fraction of sp³-hybridized carbons (Fsp3) is 0.357. The van der Waals surface area contributed by atoms with Gasteiger partial charge in [0.2, 0.25) is 10.0 Å². The Hall–Kier alpha value is -1.66. The summed E-state index contributed by atoms with van der Waals surface area (Å²) < 4.78 is 32.0. The van der Waals surface area contributed by atoms with Crippen molar-refractivity contribution in [2.75, 3.05) is 6.54 Å². The Morgan fingerprint density at radius 1 is 1.30 bits per heavy atom. The Balaban J connectivity index is 1.97. The molecule has 106 valence electrons. The van der Waals surface area contributed by atoms with Gasteiger partial charge in [-0.05, 0) is 31.9 Å². The maximum Gasteiger partial charge on any atom is 0.243 e. The highest BCUT2D eigenvalue weighted by Crippen LogP contribution is 2.36. The molecule has 0 spiro atoms. The predicted molar refractivity (Wildman–Crippen MR) is 73.5 cm³/mol. The molecule has 0 saturated carbocycles. The van der Waals surface area contributed by atoms with Gasteiger partial charge in [-0.1, -0.05) is 23.4 Å². The van der Waals surface area contributed by atoms with Gasteiger partial charge in [-0.3, -0.25) is 0 Å². The van der Waals surface area contributed by atoms with E-state index in [1.165, 1.54) is 4.31 Å². The van der Waals surface area contributed by atoms with Crippen molar-refractivity contribution >= 4 is 10.0 Å². The van der Waals surface area contributed by atoms with Crippen LogP contribution in [-0.2, 0) is 10.0 Å². The van der Waals surface area contributed by atoms with E-state index in [2.05, 4.69) is 5.16 Å². The van der Waals surface area contributed by atoms with Crippen LogP contribution in [0.3, 0.4) is 0 Å². The number of aromatic nitrogens is 1. The lowest BCUT2D eigenvalue weighted by molar-refractivity contribution is 0.349. The number of aryl methyl sites for hydroxylation is 1. The Kier molecular flexibility index (Phi) is 3.35. The number of hydrogen-bond donors (Lipinski definition) is 0. The summed E-state index contributed by atoms with van der Waals surface area (Å²) in [6.45, 7) is 2.33. The minimum atomic E-state index is -3.48. The highest BCUT2D eigenvalue weighted by atomic mass is 32.2. The molecule has 0 unspecified atom stereocenters. The fourth-order valence-corrected chi connectivity index (χ4v) is 4.28. The molecule has 6 heteroatoms. The van der Waals surface area contributed by atoms with Crippen molar-refractivity contribution in [3.8, 4) is 0 Å². The van der Waals surface area contributed by atoms with E-state index in [4.69, 9.17) is 4.52 Å². The zero-order chi connectivity index (χ0) is 14.2. The third-order valence-corrected chi connectivity index (χ3v) is 5.46. The van der Waals surface area contributed by atoms with Crippen molar-refractivity contribution in [3.05, 3.63) is 47.9 Å². The molecule has 3 rings (SSSR count). The van der Waals surface area contributed by atoms with Crippen LogP contribution in [0.15, 0.2) is 45.8 Å². The van der Waals surface area contributed by atoms with Crippen LogP contribution in [0.5, 0.6) is 0 Å². The molecule has 0 aliphatic carbocycles. The summed E-state index contributed by atoms with van der Waals surface area (Å²) in [5.41, 5.74) is 0.694. The first kappa shape index (κ1) is 13.3. The molecule has 1 aliphatic rings. The van der Waals surface area contributed by atoms with Gasteiger partial charge in [0.25, 0.3) is 0 Å². The van der Waals surface area contributed by atoms with Crippen LogP contribution < -0.4 is 0 Å². The number of nitrogens with zero attached hydrogens (tertiary/aromatic N) is 2. The SMILES string of the molecule is Cc1cc([C@H]2CCCN2S(=O)(=O)c2ccccc2)no1. The maximum absolute atomic E-state index is 12.7. The molecule has 1 aliphatic heterocycles. The van der Waals surface area contributed by atoms with Gasteiger partial charge in [-0.2, -0.15) is 4.31 Å². The zero-order valence-corrected chi connectivity index (χ0v) is 12.0. The first-order chi connectivity index (χ1) is 9.59. The van der Waals surface area contributed by atoms with Crippen molar-refractivity contribution in [2.24, 2.45) is 0 Å². The average molecular weight is 292 g/mol. The lowest BCUT2D eigenvalue weighted by atomic mass is 10.1. The van der Waals surface area contributed by atoms with Gasteiger partial charge in [-0.15, -0.1) is 0 Å². The van der Waals surface area contributed by atoms with E-state index in [9.17, 15) is 8.42 Å². The molecule has 1 fully saturated rings. The third kappa shape index (κ3) is 2.25. The average Bonchev–Trinajstić information content (AvgIpc) is 3.08. The van der Waals surface area contributed by atoms with Crippen LogP contribution in [0.2, 0.25) is 0 Å². The molecule has 1 aromatic carbocycles. The Labute approximate surface area is 118 Å². The van der Waals surface area contributed by atoms with Crippen LogP contribution in [0, 0.1) is 6.92 Å². The number of hydrogen-bond acceptors (Lipinski definition) is 4. The summed E-state index contributed by atoms with van der Waals surface area (Å²) in [5.74, 6) is 0.698. The second kappa shape index (κ2) is 5.03. The summed E-state index contributed by atoms with van der Waals surface area (Å²) in [7, 11) is -3.48. The minimum Gasteiger partial charge on any atom is -0.361 e. The summed E-state index contributed by atoms with van der Waals surface area (Å²) in [6, 6.07) is 10.1. The van der Waals surface area contributed by atoms with Crippen molar-refractivity contribution in [1.29, 1.82) is 0 Å². The molecule has 1 saturated heterocycles. The van der Waals surface area contributed by atoms with Gasteiger partial charge in [0.1, 0.15) is 11.5 Å². The Bertz CT molecular complexity index is 694. The number of rotatable bonds is 3. The van der Waals surface area contributed by atoms with E-state index in [0.29, 0.717) is 22.9 Å². The second-order valence-electron chi connectivity index (χ2n) is 4.95. The van der Waals surface area contributed by atoms with E-state index in [1.807, 2.05) is 19.1 Å². The van der Waals surface area contributed by atoms with Crippen LogP contribution in [0.4, 0.5) is 0 Å². The zero-order valence-electron chi connectivity index (χ0n) is 11.2. The largest absolute Gasteiger partial charge is 0.361 e. The second-order valence-corrected chi connectivity index (χ2v) is 6.84. The van der Waals surface area contributed by atoms with Crippen LogP contribution in [0.1, 0.15) is 30.3 Å². The van der Waals surface area contributed by atoms with Crippen LogP contribution in [0.25, 0.3) is 0 Å². The standard InChI is InChI=1S/C14H16N2O3S/c1-11-10-13(15-19-11)14-8-5-9-16(14)20(17,18)12-6-3-2-4-7-12/h2-4,6-7,10,14H,5,8-9H2,1H3/t14-/m1/s1. The van der Waals surface area contributed by atoms with Crippen LogP contribution in [-0.4, -0.2) is 24.4 Å². The van der Waals surface area contributed by atoms with Gasteiger partial charge >= 0.3 is 0 Å². The van der Waals surface area contributed by atoms with Gasteiger partial charge in [0.05, 0.1) is 10.9 Å². The highest BCUT2D eigenvalue weighted by Gasteiger charge is 2.37. The number of sulfonamides is 1. The Morgan fingerprint density at radius 3 is 2.70 bits per heavy atom. The normalized spacial score (nSPS) is 20.4. The molecule has 1 aromatic heterocycles. The van der Waals surface area contributed by atoms with Gasteiger partial charge < -0.3 is 4.52 Å². The van der Waals surface area contributed by atoms with E-state index in [1.54, 1.807) is 24.3 Å². The van der Waals surface area contributed by atoms with Gasteiger partial charge in [0.15, 0.2) is 0 Å². The van der Waals surface area contributed by atoms with E-state index >= 15 is 0 Å². The molecule has 1 atom stereocenters. The molecule has 0 N–H and O–H groups in total. The van der Waals surface area contributed by atoms with Crippen molar-refractivity contribution in [3.63, 3.8) is 0 Å². The number of benzene rings is 1. The highest BCUT2D eigenvalue weighted by molar-refractivity contribution is 7.89. The summed E-state index contributed by atoms with van der Waals surface area (Å²) in [4.78, 5) is 0.326. The molecule has 5 nitrogen and oxygen atoms in total. The van der Waals surface area contributed by atoms with Crippen LogP contribution >= 0.6 is 0 Å². The molecule has 0 amide bonds. The fourth-order valence-electron chi connectivity index (χ4n) is 2.59. The maximum atomic E-state index is 12.7. The van der Waals surface area contributed by atoms with Crippen molar-refractivity contribution in [1.82, 2.24) is 9.46 Å². The lowest BCUT2D eigenvalue weighted by Crippen LogP contribution is -2.30. The van der Waals surface area contributed by atoms with Crippen molar-refractivity contribution in [2.45, 2.75) is 30.7 Å².